The molecule has 1 aliphatic heterocycles. The smallest absolute Gasteiger partial charge is 0.251 e. The Balaban J connectivity index is 1.77. The van der Waals surface area contributed by atoms with E-state index < -0.39 is 0 Å². The summed E-state index contributed by atoms with van der Waals surface area (Å²) in [6, 6.07) is 0. The molecule has 2 rings (SSSR count). The molecule has 3 heteroatoms. The van der Waals surface area contributed by atoms with Crippen molar-refractivity contribution in [1.82, 2.24) is 4.90 Å². The van der Waals surface area contributed by atoms with Crippen molar-refractivity contribution in [3.63, 3.8) is 0 Å². The zero-order valence-corrected chi connectivity index (χ0v) is 10.3. The summed E-state index contributed by atoms with van der Waals surface area (Å²) >= 11 is 0. The van der Waals surface area contributed by atoms with Gasteiger partial charge in [0.15, 0.2) is 0 Å². The van der Waals surface area contributed by atoms with Gasteiger partial charge in [0.25, 0.3) is 5.91 Å². The van der Waals surface area contributed by atoms with E-state index in [1.54, 1.807) is 0 Å². The zero-order chi connectivity index (χ0) is 11.4. The van der Waals surface area contributed by atoms with Gasteiger partial charge < -0.3 is 9.64 Å². The van der Waals surface area contributed by atoms with Crippen molar-refractivity contribution in [2.45, 2.75) is 51.0 Å². The minimum atomic E-state index is -0.145. The number of carbonyl (C=O) groups is 1. The molecule has 0 N–H and O–H groups in total. The Labute approximate surface area is 98.1 Å². The largest absolute Gasteiger partial charge is 0.368 e. The number of hydrogen-bond acceptors (Lipinski definition) is 2. The van der Waals surface area contributed by atoms with Gasteiger partial charge in [0.1, 0.15) is 6.10 Å². The number of rotatable bonds is 3. The van der Waals surface area contributed by atoms with Gasteiger partial charge in [0.05, 0.1) is 0 Å². The second kappa shape index (κ2) is 5.67. The van der Waals surface area contributed by atoms with Gasteiger partial charge in [-0.25, -0.2) is 0 Å². The van der Waals surface area contributed by atoms with Crippen LogP contribution in [0.3, 0.4) is 0 Å². The summed E-state index contributed by atoms with van der Waals surface area (Å²) < 4.78 is 5.43. The van der Waals surface area contributed by atoms with Crippen molar-refractivity contribution in [3.8, 4) is 0 Å². The fourth-order valence-electron chi connectivity index (χ4n) is 2.87. The molecule has 0 bridgehead atoms. The molecule has 2 aliphatic rings. The number of likely N-dealkylation sites (N-methyl/N-ethyl adjacent to an activating group) is 1. The van der Waals surface area contributed by atoms with Crippen molar-refractivity contribution in [2.75, 3.05) is 20.2 Å². The molecule has 0 aromatic carbocycles. The Bertz CT molecular complexity index is 230. The minimum Gasteiger partial charge on any atom is -0.368 e. The summed E-state index contributed by atoms with van der Waals surface area (Å²) in [5.41, 5.74) is 0. The topological polar surface area (TPSA) is 29.5 Å². The van der Waals surface area contributed by atoms with Crippen molar-refractivity contribution in [3.05, 3.63) is 0 Å². The van der Waals surface area contributed by atoms with Gasteiger partial charge in [-0.05, 0) is 31.6 Å². The quantitative estimate of drug-likeness (QED) is 0.737. The van der Waals surface area contributed by atoms with Crippen LogP contribution in [0.25, 0.3) is 0 Å². The lowest BCUT2D eigenvalue weighted by Gasteiger charge is -2.28. The maximum atomic E-state index is 12.0. The lowest BCUT2D eigenvalue weighted by molar-refractivity contribution is -0.140. The van der Waals surface area contributed by atoms with Gasteiger partial charge in [-0.1, -0.05) is 19.3 Å². The average molecular weight is 225 g/mol. The Kier molecular flexibility index (Phi) is 4.22. The lowest BCUT2D eigenvalue weighted by Crippen LogP contribution is -2.39. The Morgan fingerprint density at radius 3 is 2.56 bits per heavy atom. The minimum absolute atomic E-state index is 0.145. The third kappa shape index (κ3) is 2.97. The molecule has 3 nitrogen and oxygen atoms in total. The molecule has 1 atom stereocenters. The highest BCUT2D eigenvalue weighted by Gasteiger charge is 2.27. The molecule has 0 radical (unpaired) electrons. The average Bonchev–Trinajstić information content (AvgIpc) is 2.83. The van der Waals surface area contributed by atoms with Gasteiger partial charge in [-0.2, -0.15) is 0 Å². The van der Waals surface area contributed by atoms with E-state index in [0.29, 0.717) is 0 Å². The van der Waals surface area contributed by atoms with Crippen molar-refractivity contribution >= 4 is 5.91 Å². The molecule has 1 heterocycles. The number of amides is 1. The number of carbonyl (C=O) groups excluding carboxylic acids is 1. The molecular weight excluding hydrogens is 202 g/mol. The van der Waals surface area contributed by atoms with Crippen LogP contribution in [-0.2, 0) is 9.53 Å². The maximum Gasteiger partial charge on any atom is 0.251 e. The second-order valence-electron chi connectivity index (χ2n) is 5.22. The first kappa shape index (κ1) is 11.9. The van der Waals surface area contributed by atoms with Crippen LogP contribution in [0, 0.1) is 5.92 Å². The summed E-state index contributed by atoms with van der Waals surface area (Å²) in [5, 5.41) is 0. The van der Waals surface area contributed by atoms with Crippen LogP contribution in [0.5, 0.6) is 0 Å². The molecule has 1 aliphatic carbocycles. The van der Waals surface area contributed by atoms with E-state index in [1.807, 2.05) is 11.9 Å². The molecule has 0 spiro atoms. The molecule has 0 aromatic heterocycles. The van der Waals surface area contributed by atoms with E-state index in [9.17, 15) is 4.79 Å². The standard InChI is InChI=1S/C13H23NO2/c1-14(10-11-6-3-2-4-7-11)13(15)12-8-5-9-16-12/h11-12H,2-10H2,1H3/t12-/m0/s1. The summed E-state index contributed by atoms with van der Waals surface area (Å²) in [7, 11) is 1.93. The van der Waals surface area contributed by atoms with E-state index in [1.165, 1.54) is 32.1 Å². The highest BCUT2D eigenvalue weighted by Crippen LogP contribution is 2.24. The monoisotopic (exact) mass is 225 g/mol. The van der Waals surface area contributed by atoms with Crippen LogP contribution in [0.4, 0.5) is 0 Å². The molecule has 2 fully saturated rings. The summed E-state index contributed by atoms with van der Waals surface area (Å²) in [6.07, 6.45) is 8.45. The number of ether oxygens (including phenoxy) is 1. The van der Waals surface area contributed by atoms with Gasteiger partial charge in [-0.15, -0.1) is 0 Å². The van der Waals surface area contributed by atoms with Crippen molar-refractivity contribution in [1.29, 1.82) is 0 Å². The maximum absolute atomic E-state index is 12.0. The van der Waals surface area contributed by atoms with E-state index >= 15 is 0 Å². The first-order chi connectivity index (χ1) is 7.77. The van der Waals surface area contributed by atoms with Crippen LogP contribution >= 0.6 is 0 Å². The first-order valence-corrected chi connectivity index (χ1v) is 6.64. The highest BCUT2D eigenvalue weighted by atomic mass is 16.5. The lowest BCUT2D eigenvalue weighted by atomic mass is 9.89. The molecule has 0 unspecified atom stereocenters. The van der Waals surface area contributed by atoms with Crippen LogP contribution in [0.15, 0.2) is 0 Å². The van der Waals surface area contributed by atoms with Crippen LogP contribution in [0.2, 0.25) is 0 Å². The predicted molar refractivity (Wildman–Crippen MR) is 63.2 cm³/mol. The normalized spacial score (nSPS) is 26.9. The third-order valence-corrected chi connectivity index (χ3v) is 3.84. The summed E-state index contributed by atoms with van der Waals surface area (Å²) in [5.74, 6) is 0.923. The van der Waals surface area contributed by atoms with E-state index in [0.717, 1.165) is 31.9 Å². The van der Waals surface area contributed by atoms with Crippen LogP contribution < -0.4 is 0 Å². The Hall–Kier alpha value is -0.570. The van der Waals surface area contributed by atoms with E-state index in [2.05, 4.69) is 0 Å². The first-order valence-electron chi connectivity index (χ1n) is 6.64. The van der Waals surface area contributed by atoms with Gasteiger partial charge in [0.2, 0.25) is 0 Å². The fourth-order valence-corrected chi connectivity index (χ4v) is 2.87. The molecular formula is C13H23NO2. The van der Waals surface area contributed by atoms with E-state index in [4.69, 9.17) is 4.74 Å². The number of nitrogens with zero attached hydrogens (tertiary/aromatic N) is 1. The van der Waals surface area contributed by atoms with Gasteiger partial charge in [-0.3, -0.25) is 4.79 Å². The second-order valence-corrected chi connectivity index (χ2v) is 5.22. The molecule has 1 saturated heterocycles. The molecule has 0 aromatic rings. The molecule has 1 saturated carbocycles. The van der Waals surface area contributed by atoms with E-state index in [-0.39, 0.29) is 12.0 Å². The predicted octanol–water partition coefficient (Wildman–Crippen LogP) is 2.20. The highest BCUT2D eigenvalue weighted by molar-refractivity contribution is 5.80. The van der Waals surface area contributed by atoms with Gasteiger partial charge in [0, 0.05) is 20.2 Å². The SMILES string of the molecule is CN(CC1CCCCC1)C(=O)[C@@H]1CCCO1. The zero-order valence-electron chi connectivity index (χ0n) is 10.3. The summed E-state index contributed by atoms with van der Waals surface area (Å²) in [4.78, 5) is 13.9. The fraction of sp³-hybridized carbons (Fsp3) is 0.923. The van der Waals surface area contributed by atoms with Crippen LogP contribution in [0.1, 0.15) is 44.9 Å². The third-order valence-electron chi connectivity index (χ3n) is 3.84. The Morgan fingerprint density at radius 1 is 1.19 bits per heavy atom. The van der Waals surface area contributed by atoms with Crippen molar-refractivity contribution < 1.29 is 9.53 Å². The Morgan fingerprint density at radius 2 is 1.94 bits per heavy atom. The summed E-state index contributed by atoms with van der Waals surface area (Å²) in [6.45, 7) is 1.69. The van der Waals surface area contributed by atoms with Crippen molar-refractivity contribution in [2.24, 2.45) is 5.92 Å². The molecule has 1 amide bonds. The molecule has 16 heavy (non-hydrogen) atoms. The molecule has 92 valence electrons. The van der Waals surface area contributed by atoms with Gasteiger partial charge >= 0.3 is 0 Å². The van der Waals surface area contributed by atoms with Crippen LogP contribution in [-0.4, -0.2) is 37.1 Å². The number of hydrogen-bond donors (Lipinski definition) is 0.